The van der Waals surface area contributed by atoms with Gasteiger partial charge in [-0.05, 0) is 6.42 Å². The summed E-state index contributed by atoms with van der Waals surface area (Å²) in [6.07, 6.45) is -1.66. The second-order valence-corrected chi connectivity index (χ2v) is 6.71. The number of ether oxygens (including phenoxy) is 2. The molecule has 2 aliphatic rings. The molecule has 104 valence electrons. The second-order valence-electron chi connectivity index (χ2n) is 4.37. The summed E-state index contributed by atoms with van der Waals surface area (Å²) in [6.45, 7) is 1.77. The summed E-state index contributed by atoms with van der Waals surface area (Å²) in [5, 5.41) is 8.62. The molecule has 0 unspecified atom stereocenters. The Hall–Kier alpha value is -0.930. The highest BCUT2D eigenvalue weighted by molar-refractivity contribution is 7.92. The summed E-state index contributed by atoms with van der Waals surface area (Å²) < 4.78 is 34.5. The van der Waals surface area contributed by atoms with Gasteiger partial charge in [0.25, 0.3) is 5.09 Å². The summed E-state index contributed by atoms with van der Waals surface area (Å²) in [6, 6.07) is 0. The fourth-order valence-electron chi connectivity index (χ4n) is 2.37. The van der Waals surface area contributed by atoms with Gasteiger partial charge in [-0.1, -0.05) is 6.92 Å². The molecule has 0 saturated carbocycles. The van der Waals surface area contributed by atoms with Crippen LogP contribution in [0.15, 0.2) is 0 Å². The molecule has 2 saturated heterocycles. The molecule has 2 rings (SSSR count). The Balaban J connectivity index is 2.07. The van der Waals surface area contributed by atoms with E-state index in [0.717, 1.165) is 0 Å². The second kappa shape index (κ2) is 4.98. The smallest absolute Gasteiger partial charge is 0.294 e. The van der Waals surface area contributed by atoms with Gasteiger partial charge in [0.15, 0.2) is 15.9 Å². The molecule has 0 aromatic carbocycles. The molecule has 2 aliphatic heterocycles. The van der Waals surface area contributed by atoms with Gasteiger partial charge in [-0.15, -0.1) is 10.1 Å². The first-order valence-corrected chi connectivity index (χ1v) is 7.43. The maximum Gasteiger partial charge on any atom is 0.294 e. The summed E-state index contributed by atoms with van der Waals surface area (Å²) in [5.41, 5.74) is 0. The van der Waals surface area contributed by atoms with Crippen LogP contribution in [0.1, 0.15) is 13.3 Å². The van der Waals surface area contributed by atoms with Gasteiger partial charge in [-0.3, -0.25) is 0 Å². The van der Waals surface area contributed by atoms with E-state index in [9.17, 15) is 18.5 Å². The lowest BCUT2D eigenvalue weighted by Gasteiger charge is -2.16. The molecule has 0 bridgehead atoms. The van der Waals surface area contributed by atoms with Crippen molar-refractivity contribution in [2.24, 2.45) is 0 Å². The molecule has 0 aromatic rings. The summed E-state index contributed by atoms with van der Waals surface area (Å²) in [4.78, 5) is 14.7. The molecular weight excluding hydrogens is 266 g/mol. The highest BCUT2D eigenvalue weighted by Crippen LogP contribution is 2.32. The monoisotopic (exact) mass is 281 g/mol. The van der Waals surface area contributed by atoms with E-state index in [4.69, 9.17) is 9.47 Å². The van der Waals surface area contributed by atoms with Gasteiger partial charge < -0.3 is 14.3 Å². The zero-order valence-corrected chi connectivity index (χ0v) is 10.7. The van der Waals surface area contributed by atoms with E-state index in [0.29, 0.717) is 6.42 Å². The topological polar surface area (TPSA) is 105 Å². The average Bonchev–Trinajstić information content (AvgIpc) is 2.80. The van der Waals surface area contributed by atoms with Crippen LogP contribution in [0.3, 0.4) is 0 Å². The fourth-order valence-corrected chi connectivity index (χ4v) is 4.17. The SMILES string of the molecule is CCCS(=O)(=O)[C@H]1CO[C@H]2[C@@H]1OC[C@H]2O[N+](=O)[O-]. The van der Waals surface area contributed by atoms with Gasteiger partial charge in [0.1, 0.15) is 17.5 Å². The Kier molecular flexibility index (Phi) is 3.74. The maximum atomic E-state index is 12.0. The third-order valence-corrected chi connectivity index (χ3v) is 5.44. The number of fused-ring (bicyclic) bond motifs is 1. The molecule has 2 heterocycles. The Morgan fingerprint density at radius 3 is 2.61 bits per heavy atom. The van der Waals surface area contributed by atoms with Crippen molar-refractivity contribution in [1.82, 2.24) is 0 Å². The lowest BCUT2D eigenvalue weighted by molar-refractivity contribution is -0.769. The van der Waals surface area contributed by atoms with E-state index in [1.807, 2.05) is 0 Å². The normalized spacial score (nSPS) is 35.4. The highest BCUT2D eigenvalue weighted by atomic mass is 32.2. The molecule has 0 aromatic heterocycles. The first-order chi connectivity index (χ1) is 8.45. The zero-order chi connectivity index (χ0) is 13.3. The van der Waals surface area contributed by atoms with Crippen LogP contribution in [-0.2, 0) is 24.1 Å². The van der Waals surface area contributed by atoms with Gasteiger partial charge in [0.2, 0.25) is 0 Å². The molecular formula is C9H15NO7S. The third-order valence-electron chi connectivity index (χ3n) is 3.13. The van der Waals surface area contributed by atoms with Crippen molar-refractivity contribution in [3.8, 4) is 0 Å². The molecule has 2 fully saturated rings. The molecule has 0 spiro atoms. The van der Waals surface area contributed by atoms with Crippen LogP contribution in [-0.4, -0.2) is 56.0 Å². The van der Waals surface area contributed by atoms with E-state index in [1.165, 1.54) is 0 Å². The van der Waals surface area contributed by atoms with E-state index >= 15 is 0 Å². The molecule has 0 N–H and O–H groups in total. The number of nitrogens with zero attached hydrogens (tertiary/aromatic N) is 1. The predicted octanol–water partition coefficient (Wildman–Crippen LogP) is -0.446. The van der Waals surface area contributed by atoms with Crippen molar-refractivity contribution in [1.29, 1.82) is 0 Å². The van der Waals surface area contributed by atoms with E-state index < -0.39 is 38.5 Å². The Labute approximate surface area is 104 Å². The van der Waals surface area contributed by atoms with Crippen molar-refractivity contribution in [3.63, 3.8) is 0 Å². The minimum Gasteiger partial charge on any atom is -0.372 e. The molecule has 4 atom stereocenters. The quantitative estimate of drug-likeness (QED) is 0.496. The molecule has 8 nitrogen and oxygen atoms in total. The molecule has 0 aliphatic carbocycles. The van der Waals surface area contributed by atoms with Crippen molar-refractivity contribution in [3.05, 3.63) is 10.1 Å². The first kappa shape index (κ1) is 13.5. The van der Waals surface area contributed by atoms with E-state index in [1.54, 1.807) is 6.92 Å². The van der Waals surface area contributed by atoms with Crippen LogP contribution < -0.4 is 0 Å². The molecule has 0 radical (unpaired) electrons. The van der Waals surface area contributed by atoms with Gasteiger partial charge in [0, 0.05) is 0 Å². The van der Waals surface area contributed by atoms with Crippen LogP contribution in [0.25, 0.3) is 0 Å². The zero-order valence-electron chi connectivity index (χ0n) is 9.85. The molecule has 18 heavy (non-hydrogen) atoms. The van der Waals surface area contributed by atoms with E-state index in [-0.39, 0.29) is 19.0 Å². The summed E-state index contributed by atoms with van der Waals surface area (Å²) in [5.74, 6) is 0.0639. The van der Waals surface area contributed by atoms with Crippen LogP contribution >= 0.6 is 0 Å². The van der Waals surface area contributed by atoms with Gasteiger partial charge in [-0.2, -0.15) is 0 Å². The van der Waals surface area contributed by atoms with Crippen molar-refractivity contribution in [2.75, 3.05) is 19.0 Å². The highest BCUT2D eigenvalue weighted by Gasteiger charge is 2.53. The summed E-state index contributed by atoms with van der Waals surface area (Å²) in [7, 11) is -3.29. The standard InChI is InChI=1S/C9H15NO7S/c1-2-3-18(13,14)7-5-16-8-6(17-10(11)12)4-15-9(7)8/h6-9H,2-5H2,1H3/t6-,7+,8-,9-/m1/s1. The number of hydrogen-bond donors (Lipinski definition) is 0. The van der Waals surface area contributed by atoms with Crippen molar-refractivity contribution < 1.29 is 27.8 Å². The van der Waals surface area contributed by atoms with E-state index in [2.05, 4.69) is 4.84 Å². The summed E-state index contributed by atoms with van der Waals surface area (Å²) >= 11 is 0. The van der Waals surface area contributed by atoms with Gasteiger partial charge in [-0.25, -0.2) is 8.42 Å². The Bertz CT molecular complexity index is 423. The van der Waals surface area contributed by atoms with Gasteiger partial charge in [0.05, 0.1) is 19.0 Å². The van der Waals surface area contributed by atoms with Crippen LogP contribution in [0.2, 0.25) is 0 Å². The maximum absolute atomic E-state index is 12.0. The Morgan fingerprint density at radius 2 is 2.00 bits per heavy atom. The van der Waals surface area contributed by atoms with Crippen LogP contribution in [0, 0.1) is 10.1 Å². The number of rotatable bonds is 5. The average molecular weight is 281 g/mol. The minimum absolute atomic E-state index is 0.00917. The number of hydrogen-bond acceptors (Lipinski definition) is 7. The lowest BCUT2D eigenvalue weighted by atomic mass is 10.1. The van der Waals surface area contributed by atoms with Crippen LogP contribution in [0.4, 0.5) is 0 Å². The van der Waals surface area contributed by atoms with Crippen LogP contribution in [0.5, 0.6) is 0 Å². The van der Waals surface area contributed by atoms with Gasteiger partial charge >= 0.3 is 0 Å². The predicted molar refractivity (Wildman–Crippen MR) is 59.2 cm³/mol. The Morgan fingerprint density at radius 1 is 1.33 bits per heavy atom. The molecule has 9 heteroatoms. The largest absolute Gasteiger partial charge is 0.372 e. The van der Waals surface area contributed by atoms with Crippen molar-refractivity contribution in [2.45, 2.75) is 36.9 Å². The lowest BCUT2D eigenvalue weighted by Crippen LogP contribution is -2.38. The molecule has 0 amide bonds. The minimum atomic E-state index is -3.29. The van der Waals surface area contributed by atoms with Crippen molar-refractivity contribution >= 4 is 9.84 Å². The third kappa shape index (κ3) is 2.43. The fraction of sp³-hybridized carbons (Fsp3) is 1.00. The first-order valence-electron chi connectivity index (χ1n) is 5.71. The number of sulfone groups is 1.